The Bertz CT molecular complexity index is 2680. The second-order valence-electron chi connectivity index (χ2n) is 11.5. The van der Waals surface area contributed by atoms with Crippen LogP contribution in [0.5, 0.6) is 0 Å². The van der Waals surface area contributed by atoms with E-state index in [9.17, 15) is 0 Å². The highest BCUT2D eigenvalue weighted by molar-refractivity contribution is 7.17. The topological polar surface area (TPSA) is 38.7 Å². The van der Waals surface area contributed by atoms with E-state index in [2.05, 4.69) is 151 Å². The van der Waals surface area contributed by atoms with Gasteiger partial charge in [0.2, 0.25) is 0 Å². The summed E-state index contributed by atoms with van der Waals surface area (Å²) in [6, 6.07) is 50.8. The van der Waals surface area contributed by atoms with E-state index in [1.54, 1.807) is 11.3 Å². The second kappa shape index (κ2) is 11.3. The molecule has 218 valence electrons. The lowest BCUT2D eigenvalue weighted by Crippen LogP contribution is -2.22. The maximum absolute atomic E-state index is 5.08. The third-order valence-corrected chi connectivity index (χ3v) is 9.81. The van der Waals surface area contributed by atoms with Gasteiger partial charge in [0, 0.05) is 32.9 Å². The lowest BCUT2D eigenvalue weighted by atomic mass is 10.00. The lowest BCUT2D eigenvalue weighted by Gasteiger charge is -2.10. The normalized spacial score (nSPS) is 12.0. The molecule has 0 amide bonds. The molecule has 1 aliphatic rings. The van der Waals surface area contributed by atoms with Gasteiger partial charge in [-0.3, -0.25) is 0 Å². The Hall–Kier alpha value is -6.15. The molecule has 3 nitrogen and oxygen atoms in total. The summed E-state index contributed by atoms with van der Waals surface area (Å²) in [5, 5.41) is 4.67. The quantitative estimate of drug-likeness (QED) is 0.181. The Labute approximate surface area is 275 Å². The largest absolute Gasteiger partial charge is 0.208 e. The number of hydrogen-bond acceptors (Lipinski definition) is 4. The van der Waals surface area contributed by atoms with Crippen LogP contribution in [-0.4, -0.2) is 15.0 Å². The number of aromatic nitrogens is 3. The Morgan fingerprint density at radius 3 is 1.74 bits per heavy atom. The predicted octanol–water partition coefficient (Wildman–Crippen LogP) is 9.21. The molecule has 0 N–H and O–H groups in total. The van der Waals surface area contributed by atoms with Gasteiger partial charge in [-0.15, -0.1) is 11.3 Å². The van der Waals surface area contributed by atoms with Gasteiger partial charge in [-0.25, -0.2) is 15.0 Å². The van der Waals surface area contributed by atoms with Gasteiger partial charge >= 0.3 is 0 Å². The van der Waals surface area contributed by atoms with Gasteiger partial charge in [0.1, 0.15) is 0 Å². The van der Waals surface area contributed by atoms with Crippen molar-refractivity contribution in [1.82, 2.24) is 15.0 Å². The van der Waals surface area contributed by atoms with E-state index in [1.165, 1.54) is 32.0 Å². The molecule has 0 radical (unpaired) electrons. The Morgan fingerprint density at radius 2 is 1.00 bits per heavy atom. The molecule has 9 rings (SSSR count). The minimum Gasteiger partial charge on any atom is -0.208 e. The average molecular weight is 616 g/mol. The summed E-state index contributed by atoms with van der Waals surface area (Å²) in [4.78, 5) is 15.2. The molecular formula is C43H25N3S. The molecule has 0 saturated heterocycles. The minimum absolute atomic E-state index is 0.623. The molecule has 0 bridgehead atoms. The van der Waals surface area contributed by atoms with Crippen LogP contribution >= 0.6 is 11.3 Å². The number of nitrogens with zero attached hydrogens (tertiary/aromatic N) is 3. The van der Waals surface area contributed by atoms with Crippen molar-refractivity contribution in [2.75, 3.05) is 0 Å². The first-order valence-electron chi connectivity index (χ1n) is 15.5. The van der Waals surface area contributed by atoms with Crippen molar-refractivity contribution in [2.24, 2.45) is 0 Å². The van der Waals surface area contributed by atoms with Crippen molar-refractivity contribution >= 4 is 43.5 Å². The van der Waals surface area contributed by atoms with Crippen LogP contribution in [0.1, 0.15) is 5.82 Å². The molecule has 0 aliphatic heterocycles. The fourth-order valence-electron chi connectivity index (χ4n) is 6.15. The first-order chi connectivity index (χ1) is 23.3. The first-order valence-corrected chi connectivity index (χ1v) is 16.3. The van der Waals surface area contributed by atoms with Crippen molar-refractivity contribution in [1.29, 1.82) is 0 Å². The van der Waals surface area contributed by atoms with Crippen LogP contribution in [-0.2, 0) is 0 Å². The molecule has 0 fully saturated rings. The van der Waals surface area contributed by atoms with Crippen LogP contribution in [0.4, 0.5) is 0 Å². The fourth-order valence-corrected chi connectivity index (χ4v) is 7.32. The first kappa shape index (κ1) is 27.2. The summed E-state index contributed by atoms with van der Waals surface area (Å²) in [5.74, 6) is 1.88. The summed E-state index contributed by atoms with van der Waals surface area (Å²) in [7, 11) is 0. The highest BCUT2D eigenvalue weighted by Gasteiger charge is 2.16. The Balaban J connectivity index is 1.18. The SMILES string of the molecule is C1=C=c2c(sc3ccccc23)=C(c2nc(-c3ccc(-c4ccccc4)cc3)nc(-c3ccc(-c4ccc5ccccc5c4)cc3)n2)C=1. The fraction of sp³-hybridized carbons (Fsp3) is 0. The van der Waals surface area contributed by atoms with Crippen LogP contribution in [0.3, 0.4) is 0 Å². The third-order valence-electron chi connectivity index (χ3n) is 8.61. The summed E-state index contributed by atoms with van der Waals surface area (Å²) in [6.07, 6.45) is 1.95. The van der Waals surface area contributed by atoms with E-state index >= 15 is 0 Å². The van der Waals surface area contributed by atoms with Crippen molar-refractivity contribution in [3.63, 3.8) is 0 Å². The summed E-state index contributed by atoms with van der Waals surface area (Å²) < 4.78 is 2.30. The van der Waals surface area contributed by atoms with E-state index in [-0.39, 0.29) is 0 Å². The van der Waals surface area contributed by atoms with Gasteiger partial charge in [-0.05, 0) is 45.2 Å². The average Bonchev–Trinajstić information content (AvgIpc) is 3.54. The number of allylic oxidation sites excluding steroid dienone is 1. The molecular weight excluding hydrogens is 591 g/mol. The predicted molar refractivity (Wildman–Crippen MR) is 194 cm³/mol. The van der Waals surface area contributed by atoms with Gasteiger partial charge in [0.15, 0.2) is 17.5 Å². The highest BCUT2D eigenvalue weighted by atomic mass is 32.1. The van der Waals surface area contributed by atoms with Gasteiger partial charge in [-0.2, -0.15) is 0 Å². The van der Waals surface area contributed by atoms with E-state index in [0.717, 1.165) is 37.6 Å². The standard InChI is InChI=1S/C43H25N3S/c1-2-9-28(10-3-1)30-17-22-32(23-18-30)41-44-42(33-24-19-31(20-25-33)35-26-21-29-11-4-5-12-34(29)27-35)46-43(45-41)38-15-8-14-37-36-13-6-7-16-39(36)47-40(37)38/h1-7,9-13,15-27H. The van der Waals surface area contributed by atoms with Crippen LogP contribution in [0.25, 0.3) is 77.2 Å². The van der Waals surface area contributed by atoms with E-state index < -0.39 is 0 Å². The van der Waals surface area contributed by atoms with Crippen molar-refractivity contribution < 1.29 is 0 Å². The number of hydrogen-bond donors (Lipinski definition) is 0. The van der Waals surface area contributed by atoms with Gasteiger partial charge in [-0.1, -0.05) is 145 Å². The smallest absolute Gasteiger partial charge is 0.166 e. The highest BCUT2D eigenvalue weighted by Crippen LogP contribution is 2.29. The summed E-state index contributed by atoms with van der Waals surface area (Å²) >= 11 is 1.73. The van der Waals surface area contributed by atoms with E-state index in [1.807, 2.05) is 12.1 Å². The van der Waals surface area contributed by atoms with Gasteiger partial charge in [0.05, 0.1) is 9.75 Å². The number of thiophene rings is 1. The Morgan fingerprint density at radius 1 is 0.447 bits per heavy atom. The number of rotatable bonds is 5. The minimum atomic E-state index is 0.623. The second-order valence-corrected chi connectivity index (χ2v) is 12.6. The molecule has 8 aromatic rings. The van der Waals surface area contributed by atoms with Gasteiger partial charge < -0.3 is 0 Å². The van der Waals surface area contributed by atoms with E-state index in [0.29, 0.717) is 17.5 Å². The number of benzene rings is 6. The van der Waals surface area contributed by atoms with Crippen molar-refractivity contribution in [2.45, 2.75) is 0 Å². The molecule has 0 saturated carbocycles. The zero-order chi connectivity index (χ0) is 31.2. The zero-order valence-corrected chi connectivity index (χ0v) is 26.0. The molecule has 2 heterocycles. The maximum atomic E-state index is 5.08. The third kappa shape index (κ3) is 5.00. The summed E-state index contributed by atoms with van der Waals surface area (Å²) in [5.41, 5.74) is 14.0. The molecule has 2 aromatic heterocycles. The molecule has 0 spiro atoms. The monoisotopic (exact) mass is 615 g/mol. The van der Waals surface area contributed by atoms with Crippen LogP contribution in [0.2, 0.25) is 0 Å². The molecule has 0 atom stereocenters. The van der Waals surface area contributed by atoms with Crippen molar-refractivity contribution in [3.05, 3.63) is 173 Å². The van der Waals surface area contributed by atoms with Crippen LogP contribution < -0.4 is 9.75 Å². The van der Waals surface area contributed by atoms with Gasteiger partial charge in [0.25, 0.3) is 0 Å². The van der Waals surface area contributed by atoms with E-state index in [4.69, 9.17) is 15.0 Å². The molecule has 6 aromatic carbocycles. The number of fused-ring (bicyclic) bond motifs is 4. The van der Waals surface area contributed by atoms with Crippen LogP contribution in [0, 0.1) is 0 Å². The summed E-state index contributed by atoms with van der Waals surface area (Å²) in [6.45, 7) is 0. The Kier molecular flexibility index (Phi) is 6.56. The zero-order valence-electron chi connectivity index (χ0n) is 25.2. The maximum Gasteiger partial charge on any atom is 0.166 e. The van der Waals surface area contributed by atoms with Crippen molar-refractivity contribution in [3.8, 4) is 45.0 Å². The molecule has 1 aliphatic carbocycles. The molecule has 4 heteroatoms. The van der Waals surface area contributed by atoms with Crippen LogP contribution in [0.15, 0.2) is 157 Å². The lowest BCUT2D eigenvalue weighted by molar-refractivity contribution is 1.04. The molecule has 0 unspecified atom stereocenters. The molecule has 47 heavy (non-hydrogen) atoms.